The van der Waals surface area contributed by atoms with Crippen LogP contribution < -0.4 is 0 Å². The summed E-state index contributed by atoms with van der Waals surface area (Å²) in [6.45, 7) is 6.53. The van der Waals surface area contributed by atoms with E-state index in [1.165, 1.54) is 4.90 Å². The largest absolute Gasteiger partial charge is 0.445 e. The predicted octanol–water partition coefficient (Wildman–Crippen LogP) is 2.51. The molecule has 1 aromatic rings. The summed E-state index contributed by atoms with van der Waals surface area (Å²) in [6.07, 6.45) is 0.574. The molecule has 0 atom stereocenters. The molecule has 0 saturated carbocycles. The molecule has 0 spiro atoms. The van der Waals surface area contributed by atoms with E-state index >= 15 is 0 Å². The quantitative estimate of drug-likeness (QED) is 0.840. The van der Waals surface area contributed by atoms with Crippen LogP contribution in [0.5, 0.6) is 0 Å². The summed E-state index contributed by atoms with van der Waals surface area (Å²) in [5, 5.41) is 0. The van der Waals surface area contributed by atoms with Gasteiger partial charge in [-0.25, -0.2) is 4.79 Å². The molecule has 5 nitrogen and oxygen atoms in total. The maximum absolute atomic E-state index is 12.1. The van der Waals surface area contributed by atoms with Gasteiger partial charge in [0, 0.05) is 19.6 Å². The van der Waals surface area contributed by atoms with Crippen molar-refractivity contribution in [3.05, 3.63) is 35.9 Å². The zero-order chi connectivity index (χ0) is 15.9. The van der Waals surface area contributed by atoms with Gasteiger partial charge in [0.15, 0.2) is 0 Å². The van der Waals surface area contributed by atoms with Crippen molar-refractivity contribution in [2.45, 2.75) is 26.9 Å². The van der Waals surface area contributed by atoms with Gasteiger partial charge in [0.05, 0.1) is 0 Å². The first-order chi connectivity index (χ1) is 10.6. The van der Waals surface area contributed by atoms with Gasteiger partial charge in [-0.3, -0.25) is 9.69 Å². The number of hydrogen-bond acceptors (Lipinski definition) is 3. The van der Waals surface area contributed by atoms with Crippen molar-refractivity contribution in [2.75, 3.05) is 26.2 Å². The minimum atomic E-state index is -0.416. The molecule has 2 amide bonds. The Bertz CT molecular complexity index is 502. The molecule has 1 saturated heterocycles. The second-order valence-electron chi connectivity index (χ2n) is 6.03. The number of carbonyl (C=O) groups excluding carboxylic acids is 2. The van der Waals surface area contributed by atoms with Gasteiger partial charge in [-0.1, -0.05) is 44.2 Å². The van der Waals surface area contributed by atoms with E-state index in [1.54, 1.807) is 0 Å². The molecule has 0 aromatic heterocycles. The van der Waals surface area contributed by atoms with Gasteiger partial charge in [-0.05, 0) is 17.9 Å². The summed E-state index contributed by atoms with van der Waals surface area (Å²) in [6, 6.07) is 9.53. The molecule has 0 bridgehead atoms. The van der Waals surface area contributed by atoms with Crippen LogP contribution in [0.1, 0.15) is 25.8 Å². The fourth-order valence-electron chi connectivity index (χ4n) is 2.33. The van der Waals surface area contributed by atoms with Crippen molar-refractivity contribution >= 4 is 12.0 Å². The molecule has 0 N–H and O–H groups in total. The number of carbonyl (C=O) groups is 2. The fraction of sp³-hybridized carbons (Fsp3) is 0.529. The first kappa shape index (κ1) is 16.3. The standard InChI is InChI=1S/C17H24N2O3/c1-14(2)8-9-18-10-11-19(12-16(18)20)17(21)22-13-15-6-4-3-5-7-15/h3-7,14H,8-13H2,1-2H3. The third-order valence-corrected chi connectivity index (χ3v) is 3.76. The number of benzene rings is 1. The van der Waals surface area contributed by atoms with E-state index in [0.29, 0.717) is 19.0 Å². The number of piperazine rings is 1. The summed E-state index contributed by atoms with van der Waals surface area (Å²) >= 11 is 0. The maximum Gasteiger partial charge on any atom is 0.410 e. The van der Waals surface area contributed by atoms with Crippen LogP contribution in [-0.4, -0.2) is 48.0 Å². The van der Waals surface area contributed by atoms with Crippen LogP contribution in [0, 0.1) is 5.92 Å². The van der Waals surface area contributed by atoms with Gasteiger partial charge in [0.25, 0.3) is 0 Å². The van der Waals surface area contributed by atoms with Crippen molar-refractivity contribution in [1.82, 2.24) is 9.80 Å². The Morgan fingerprint density at radius 1 is 1.23 bits per heavy atom. The monoisotopic (exact) mass is 304 g/mol. The van der Waals surface area contributed by atoms with Crippen molar-refractivity contribution in [2.24, 2.45) is 5.92 Å². The highest BCUT2D eigenvalue weighted by atomic mass is 16.6. The van der Waals surface area contributed by atoms with Gasteiger partial charge >= 0.3 is 6.09 Å². The molecule has 5 heteroatoms. The van der Waals surface area contributed by atoms with Crippen LogP contribution in [0.15, 0.2) is 30.3 Å². The zero-order valence-electron chi connectivity index (χ0n) is 13.3. The van der Waals surface area contributed by atoms with Crippen molar-refractivity contribution < 1.29 is 14.3 Å². The van der Waals surface area contributed by atoms with Crippen LogP contribution in [0.25, 0.3) is 0 Å². The molecule has 1 fully saturated rings. The minimum Gasteiger partial charge on any atom is -0.445 e. The number of amides is 2. The lowest BCUT2D eigenvalue weighted by Gasteiger charge is -2.34. The summed E-state index contributed by atoms with van der Waals surface area (Å²) in [5.74, 6) is 0.574. The summed E-state index contributed by atoms with van der Waals surface area (Å²) in [7, 11) is 0. The summed E-state index contributed by atoms with van der Waals surface area (Å²) in [4.78, 5) is 27.4. The van der Waals surface area contributed by atoms with Crippen LogP contribution in [0.2, 0.25) is 0 Å². The lowest BCUT2D eigenvalue weighted by molar-refractivity contribution is -0.135. The topological polar surface area (TPSA) is 49.9 Å². The summed E-state index contributed by atoms with van der Waals surface area (Å²) in [5.41, 5.74) is 0.942. The lowest BCUT2D eigenvalue weighted by Crippen LogP contribution is -2.52. The highest BCUT2D eigenvalue weighted by Gasteiger charge is 2.27. The highest BCUT2D eigenvalue weighted by Crippen LogP contribution is 2.10. The number of rotatable bonds is 5. The lowest BCUT2D eigenvalue weighted by atomic mass is 10.1. The molecule has 120 valence electrons. The zero-order valence-corrected chi connectivity index (χ0v) is 13.3. The number of ether oxygens (including phenoxy) is 1. The predicted molar refractivity (Wildman–Crippen MR) is 84.2 cm³/mol. The van der Waals surface area contributed by atoms with Gasteiger partial charge in [-0.2, -0.15) is 0 Å². The molecule has 0 unspecified atom stereocenters. The van der Waals surface area contributed by atoms with Gasteiger partial charge in [-0.15, -0.1) is 0 Å². The first-order valence-corrected chi connectivity index (χ1v) is 7.79. The van der Waals surface area contributed by atoms with E-state index in [-0.39, 0.29) is 19.1 Å². The SMILES string of the molecule is CC(C)CCN1CCN(C(=O)OCc2ccccc2)CC1=O. The van der Waals surface area contributed by atoms with Crippen LogP contribution in [0.4, 0.5) is 4.79 Å². The van der Waals surface area contributed by atoms with Crippen LogP contribution in [-0.2, 0) is 16.1 Å². The molecule has 22 heavy (non-hydrogen) atoms. The van der Waals surface area contributed by atoms with E-state index in [0.717, 1.165) is 18.5 Å². The Hall–Kier alpha value is -2.04. The molecule has 2 rings (SSSR count). The summed E-state index contributed by atoms with van der Waals surface area (Å²) < 4.78 is 5.27. The van der Waals surface area contributed by atoms with E-state index in [4.69, 9.17) is 4.74 Å². The van der Waals surface area contributed by atoms with E-state index in [2.05, 4.69) is 13.8 Å². The Balaban J connectivity index is 1.77. The Morgan fingerprint density at radius 3 is 2.59 bits per heavy atom. The third-order valence-electron chi connectivity index (χ3n) is 3.76. The number of nitrogens with zero attached hydrogens (tertiary/aromatic N) is 2. The fourth-order valence-corrected chi connectivity index (χ4v) is 2.33. The smallest absolute Gasteiger partial charge is 0.410 e. The average molecular weight is 304 g/mol. The van der Waals surface area contributed by atoms with Crippen molar-refractivity contribution in [1.29, 1.82) is 0 Å². The minimum absolute atomic E-state index is 0.00330. The number of hydrogen-bond donors (Lipinski definition) is 0. The molecule has 1 aromatic carbocycles. The molecule has 1 aliphatic heterocycles. The first-order valence-electron chi connectivity index (χ1n) is 7.79. The van der Waals surface area contributed by atoms with E-state index in [1.807, 2.05) is 35.2 Å². The van der Waals surface area contributed by atoms with Crippen molar-refractivity contribution in [3.63, 3.8) is 0 Å². The Morgan fingerprint density at radius 2 is 1.95 bits per heavy atom. The van der Waals surface area contributed by atoms with E-state index in [9.17, 15) is 9.59 Å². The third kappa shape index (κ3) is 4.76. The van der Waals surface area contributed by atoms with E-state index < -0.39 is 6.09 Å². The second kappa shape index (κ2) is 7.82. The van der Waals surface area contributed by atoms with Gasteiger partial charge < -0.3 is 9.64 Å². The Kier molecular flexibility index (Phi) is 5.81. The maximum atomic E-state index is 12.1. The van der Waals surface area contributed by atoms with Crippen LogP contribution in [0.3, 0.4) is 0 Å². The second-order valence-corrected chi connectivity index (χ2v) is 6.03. The molecular formula is C17H24N2O3. The highest BCUT2D eigenvalue weighted by molar-refractivity contribution is 5.83. The molecule has 0 radical (unpaired) electrons. The van der Waals surface area contributed by atoms with Gasteiger partial charge in [0.2, 0.25) is 5.91 Å². The Labute approximate surface area is 131 Å². The van der Waals surface area contributed by atoms with Gasteiger partial charge in [0.1, 0.15) is 13.2 Å². The normalized spacial score (nSPS) is 15.3. The molecule has 1 aliphatic rings. The average Bonchev–Trinajstić information content (AvgIpc) is 2.52. The molecule has 0 aliphatic carbocycles. The molecular weight excluding hydrogens is 280 g/mol. The van der Waals surface area contributed by atoms with Crippen molar-refractivity contribution in [3.8, 4) is 0 Å². The molecule has 1 heterocycles. The van der Waals surface area contributed by atoms with Crippen LogP contribution >= 0.6 is 0 Å².